The van der Waals surface area contributed by atoms with Gasteiger partial charge in [-0.05, 0) is 19.1 Å². The zero-order chi connectivity index (χ0) is 15.6. The molecule has 2 amide bonds. The first kappa shape index (κ1) is 15.4. The summed E-state index contributed by atoms with van der Waals surface area (Å²) in [6.45, 7) is 1.89. The number of carbonyl (C=O) groups excluding carboxylic acids is 2. The number of halogens is 2. The Morgan fingerprint density at radius 1 is 1.38 bits per heavy atom. The molecule has 21 heavy (non-hydrogen) atoms. The Bertz CT molecular complexity index is 565. The molecule has 0 radical (unpaired) electrons. The molecule has 1 atom stereocenters. The Hall–Kier alpha value is -2.02. The lowest BCUT2D eigenvalue weighted by atomic mass is 10.1. The van der Waals surface area contributed by atoms with Gasteiger partial charge in [-0.1, -0.05) is 0 Å². The third kappa shape index (κ3) is 3.02. The molecule has 0 unspecified atom stereocenters. The number of rotatable bonds is 3. The lowest BCUT2D eigenvalue weighted by molar-refractivity contribution is -0.143. The molecule has 0 N–H and O–H groups in total. The van der Waals surface area contributed by atoms with Gasteiger partial charge in [-0.25, -0.2) is 8.78 Å². The van der Waals surface area contributed by atoms with Crippen molar-refractivity contribution in [1.82, 2.24) is 4.90 Å². The molecule has 2 rings (SSSR count). The van der Waals surface area contributed by atoms with Gasteiger partial charge in [0.05, 0.1) is 5.69 Å². The summed E-state index contributed by atoms with van der Waals surface area (Å²) in [4.78, 5) is 26.8. The number of methoxy groups -OCH3 is 1. The number of ether oxygens (including phenoxy) is 1. The molecular weight excluding hydrogens is 282 g/mol. The molecule has 1 saturated heterocycles. The van der Waals surface area contributed by atoms with Crippen LogP contribution in [0.1, 0.15) is 6.92 Å². The summed E-state index contributed by atoms with van der Waals surface area (Å²) in [5, 5.41) is 0. The molecule has 1 aromatic carbocycles. The van der Waals surface area contributed by atoms with E-state index in [1.54, 1.807) is 6.92 Å². The highest BCUT2D eigenvalue weighted by molar-refractivity contribution is 6.00. The summed E-state index contributed by atoms with van der Waals surface area (Å²) < 4.78 is 31.5. The summed E-state index contributed by atoms with van der Waals surface area (Å²) in [6.07, 6.45) is 0. The van der Waals surface area contributed by atoms with Gasteiger partial charge in [0, 0.05) is 26.3 Å². The van der Waals surface area contributed by atoms with Gasteiger partial charge < -0.3 is 14.5 Å². The number of piperazine rings is 1. The lowest BCUT2D eigenvalue weighted by Crippen LogP contribution is -2.58. The van der Waals surface area contributed by atoms with E-state index < -0.39 is 23.6 Å². The summed E-state index contributed by atoms with van der Waals surface area (Å²) >= 11 is 0. The summed E-state index contributed by atoms with van der Waals surface area (Å²) in [5.74, 6) is -2.20. The van der Waals surface area contributed by atoms with Crippen molar-refractivity contribution in [3.8, 4) is 0 Å². The van der Waals surface area contributed by atoms with Crippen LogP contribution in [0.5, 0.6) is 0 Å². The average Bonchev–Trinajstić information content (AvgIpc) is 2.43. The Morgan fingerprint density at radius 2 is 2.10 bits per heavy atom. The predicted molar refractivity (Wildman–Crippen MR) is 71.8 cm³/mol. The number of anilines is 1. The van der Waals surface area contributed by atoms with Crippen molar-refractivity contribution in [1.29, 1.82) is 0 Å². The quantitative estimate of drug-likeness (QED) is 0.842. The van der Waals surface area contributed by atoms with Crippen molar-refractivity contribution in [2.24, 2.45) is 0 Å². The monoisotopic (exact) mass is 298 g/mol. The average molecular weight is 298 g/mol. The van der Waals surface area contributed by atoms with Crippen LogP contribution in [0.3, 0.4) is 0 Å². The van der Waals surface area contributed by atoms with Gasteiger partial charge in [-0.3, -0.25) is 9.59 Å². The Kier molecular flexibility index (Phi) is 4.52. The molecule has 0 saturated carbocycles. The van der Waals surface area contributed by atoms with E-state index in [0.717, 1.165) is 12.1 Å². The Labute approximate surface area is 121 Å². The largest absolute Gasteiger partial charge is 0.375 e. The summed E-state index contributed by atoms with van der Waals surface area (Å²) in [6, 6.07) is 2.34. The van der Waals surface area contributed by atoms with Crippen molar-refractivity contribution in [3.63, 3.8) is 0 Å². The SMILES string of the molecule is COCC(=O)N1CCN(c2ccc(F)cc2F)C(=O)[C@@H]1C. The maximum Gasteiger partial charge on any atom is 0.249 e. The number of hydrogen-bond acceptors (Lipinski definition) is 3. The van der Waals surface area contributed by atoms with Gasteiger partial charge >= 0.3 is 0 Å². The lowest BCUT2D eigenvalue weighted by Gasteiger charge is -2.39. The minimum absolute atomic E-state index is 0.0205. The number of nitrogens with zero attached hydrogens (tertiary/aromatic N) is 2. The molecule has 1 aliphatic heterocycles. The molecule has 0 aromatic heterocycles. The number of hydrogen-bond donors (Lipinski definition) is 0. The molecule has 1 heterocycles. The van der Waals surface area contributed by atoms with Gasteiger partial charge in [0.2, 0.25) is 11.8 Å². The standard InChI is InChI=1S/C14H16F2N2O3/c1-9-14(20)18(6-5-17(9)13(19)8-21-2)12-4-3-10(15)7-11(12)16/h3-4,7,9H,5-6,8H2,1-2H3/t9-/m0/s1. The first-order chi connectivity index (χ1) is 9.95. The van der Waals surface area contributed by atoms with Crippen LogP contribution >= 0.6 is 0 Å². The highest BCUT2D eigenvalue weighted by Gasteiger charge is 2.35. The molecule has 1 fully saturated rings. The molecule has 0 aliphatic carbocycles. The van der Waals surface area contributed by atoms with Gasteiger partial charge in [-0.2, -0.15) is 0 Å². The Morgan fingerprint density at radius 3 is 2.71 bits per heavy atom. The fraction of sp³-hybridized carbons (Fsp3) is 0.429. The van der Waals surface area contributed by atoms with Crippen LogP contribution in [0.4, 0.5) is 14.5 Å². The van der Waals surface area contributed by atoms with E-state index in [1.165, 1.54) is 23.0 Å². The highest BCUT2D eigenvalue weighted by Crippen LogP contribution is 2.24. The molecule has 1 aliphatic rings. The Balaban J connectivity index is 2.19. The molecule has 1 aromatic rings. The fourth-order valence-electron chi connectivity index (χ4n) is 2.36. The maximum absolute atomic E-state index is 13.8. The minimum atomic E-state index is -0.799. The zero-order valence-electron chi connectivity index (χ0n) is 11.8. The highest BCUT2D eigenvalue weighted by atomic mass is 19.1. The topological polar surface area (TPSA) is 49.9 Å². The first-order valence-electron chi connectivity index (χ1n) is 6.50. The summed E-state index contributed by atoms with van der Waals surface area (Å²) in [5.41, 5.74) is 0.0205. The molecule has 114 valence electrons. The van der Waals surface area contributed by atoms with Gasteiger partial charge in [0.15, 0.2) is 0 Å². The maximum atomic E-state index is 13.8. The van der Waals surface area contributed by atoms with Crippen LogP contribution < -0.4 is 4.90 Å². The third-order valence-corrected chi connectivity index (χ3v) is 3.44. The second-order valence-corrected chi connectivity index (χ2v) is 4.78. The fourth-order valence-corrected chi connectivity index (χ4v) is 2.36. The molecule has 5 nitrogen and oxygen atoms in total. The van der Waals surface area contributed by atoms with Gasteiger partial charge in [0.1, 0.15) is 24.3 Å². The van der Waals surface area contributed by atoms with E-state index in [4.69, 9.17) is 4.74 Å². The second kappa shape index (κ2) is 6.17. The van der Waals surface area contributed by atoms with Crippen molar-refractivity contribution in [2.45, 2.75) is 13.0 Å². The van der Waals surface area contributed by atoms with E-state index in [2.05, 4.69) is 0 Å². The number of benzene rings is 1. The van der Waals surface area contributed by atoms with E-state index in [9.17, 15) is 18.4 Å². The molecule has 7 heteroatoms. The van der Waals surface area contributed by atoms with Crippen molar-refractivity contribution >= 4 is 17.5 Å². The van der Waals surface area contributed by atoms with Crippen molar-refractivity contribution in [3.05, 3.63) is 29.8 Å². The van der Waals surface area contributed by atoms with Crippen LogP contribution in [0, 0.1) is 11.6 Å². The van der Waals surface area contributed by atoms with Crippen LogP contribution in [-0.4, -0.2) is 49.6 Å². The van der Waals surface area contributed by atoms with Gasteiger partial charge in [-0.15, -0.1) is 0 Å². The van der Waals surface area contributed by atoms with Crippen LogP contribution in [0.25, 0.3) is 0 Å². The van der Waals surface area contributed by atoms with Crippen LogP contribution in [0.15, 0.2) is 18.2 Å². The summed E-state index contributed by atoms with van der Waals surface area (Å²) in [7, 11) is 1.40. The third-order valence-electron chi connectivity index (χ3n) is 3.44. The second-order valence-electron chi connectivity index (χ2n) is 4.78. The molecular formula is C14H16F2N2O3. The van der Waals surface area contributed by atoms with Crippen molar-refractivity contribution in [2.75, 3.05) is 31.7 Å². The van der Waals surface area contributed by atoms with E-state index in [0.29, 0.717) is 0 Å². The van der Waals surface area contributed by atoms with Crippen molar-refractivity contribution < 1.29 is 23.1 Å². The number of carbonyl (C=O) groups is 2. The van der Waals surface area contributed by atoms with E-state index in [1.807, 2.05) is 0 Å². The predicted octanol–water partition coefficient (Wildman–Crippen LogP) is 1.17. The smallest absolute Gasteiger partial charge is 0.249 e. The van der Waals surface area contributed by atoms with Crippen LogP contribution in [-0.2, 0) is 14.3 Å². The number of amides is 2. The minimum Gasteiger partial charge on any atom is -0.375 e. The van der Waals surface area contributed by atoms with E-state index in [-0.39, 0.29) is 31.3 Å². The molecule has 0 spiro atoms. The molecule has 0 bridgehead atoms. The zero-order valence-corrected chi connectivity index (χ0v) is 11.8. The van der Waals surface area contributed by atoms with E-state index >= 15 is 0 Å². The first-order valence-corrected chi connectivity index (χ1v) is 6.50. The normalized spacial score (nSPS) is 19.0. The van der Waals surface area contributed by atoms with Crippen LogP contribution in [0.2, 0.25) is 0 Å². The van der Waals surface area contributed by atoms with Gasteiger partial charge in [0.25, 0.3) is 0 Å².